The molecule has 124 valence electrons. The summed E-state index contributed by atoms with van der Waals surface area (Å²) < 4.78 is 16.3. The zero-order valence-corrected chi connectivity index (χ0v) is 13.1. The van der Waals surface area contributed by atoms with Crippen molar-refractivity contribution >= 4 is 18.5 Å². The third kappa shape index (κ3) is 3.89. The molecule has 0 spiro atoms. The van der Waals surface area contributed by atoms with Crippen molar-refractivity contribution in [3.8, 4) is 0 Å². The van der Waals surface area contributed by atoms with E-state index in [4.69, 9.17) is 19.3 Å². The fourth-order valence-electron chi connectivity index (χ4n) is 2.13. The molecule has 0 bridgehead atoms. The molecular formula is C10H15N2O8PS. The highest BCUT2D eigenvalue weighted by Gasteiger charge is 2.45. The van der Waals surface area contributed by atoms with Crippen molar-refractivity contribution in [2.24, 2.45) is 0 Å². The van der Waals surface area contributed by atoms with Crippen molar-refractivity contribution in [2.45, 2.75) is 24.5 Å². The summed E-state index contributed by atoms with van der Waals surface area (Å²) >= 11 is 4.31. The summed E-state index contributed by atoms with van der Waals surface area (Å²) in [4.78, 5) is 43.0. The van der Waals surface area contributed by atoms with Crippen LogP contribution in [0.2, 0.25) is 0 Å². The SMILES string of the molecule is CO[C@@H]1[C@H](O)[C@@H](COP(O)(O)=S)O[C@H]1n1ccc(=O)[nH]c1=O. The molecule has 4 atom stereocenters. The van der Waals surface area contributed by atoms with E-state index in [1.807, 2.05) is 0 Å². The molecule has 1 aromatic heterocycles. The molecule has 0 aliphatic carbocycles. The average molecular weight is 354 g/mol. The third-order valence-electron chi connectivity index (χ3n) is 3.12. The molecule has 0 unspecified atom stereocenters. The average Bonchev–Trinajstić information content (AvgIpc) is 2.72. The van der Waals surface area contributed by atoms with Crippen LogP contribution in [-0.4, -0.2) is 56.5 Å². The molecule has 0 amide bonds. The zero-order chi connectivity index (χ0) is 16.5. The summed E-state index contributed by atoms with van der Waals surface area (Å²) in [6, 6.07) is 1.12. The van der Waals surface area contributed by atoms with Gasteiger partial charge < -0.3 is 28.9 Å². The lowest BCUT2D eigenvalue weighted by Gasteiger charge is -2.19. The van der Waals surface area contributed by atoms with Crippen LogP contribution in [0, 0.1) is 0 Å². The van der Waals surface area contributed by atoms with Crippen LogP contribution < -0.4 is 11.2 Å². The van der Waals surface area contributed by atoms with E-state index in [1.165, 1.54) is 13.3 Å². The second kappa shape index (κ2) is 6.69. The van der Waals surface area contributed by atoms with Crippen molar-refractivity contribution in [1.29, 1.82) is 0 Å². The summed E-state index contributed by atoms with van der Waals surface area (Å²) in [6.07, 6.45) is -2.93. The lowest BCUT2D eigenvalue weighted by atomic mass is 10.1. The van der Waals surface area contributed by atoms with Crippen LogP contribution in [-0.2, 0) is 25.8 Å². The molecule has 1 aromatic rings. The fraction of sp³-hybridized carbons (Fsp3) is 0.600. The Kier molecular flexibility index (Phi) is 5.30. The molecule has 0 aromatic carbocycles. The lowest BCUT2D eigenvalue weighted by Crippen LogP contribution is -2.38. The molecule has 0 radical (unpaired) electrons. The number of hydrogen-bond acceptors (Lipinski definition) is 7. The highest BCUT2D eigenvalue weighted by Crippen LogP contribution is 2.38. The molecule has 10 nitrogen and oxygen atoms in total. The first-order valence-corrected chi connectivity index (χ1v) is 8.73. The lowest BCUT2D eigenvalue weighted by molar-refractivity contribution is -0.0610. The van der Waals surface area contributed by atoms with Crippen LogP contribution in [0.4, 0.5) is 0 Å². The largest absolute Gasteiger partial charge is 0.387 e. The van der Waals surface area contributed by atoms with Crippen molar-refractivity contribution < 1.29 is 28.9 Å². The van der Waals surface area contributed by atoms with E-state index in [9.17, 15) is 14.7 Å². The number of methoxy groups -OCH3 is 1. The molecule has 0 saturated carbocycles. The van der Waals surface area contributed by atoms with Gasteiger partial charge in [0.15, 0.2) is 6.23 Å². The fourth-order valence-corrected chi connectivity index (χ4v) is 2.66. The van der Waals surface area contributed by atoms with Gasteiger partial charge in [0.05, 0.1) is 6.61 Å². The van der Waals surface area contributed by atoms with E-state index in [0.29, 0.717) is 0 Å². The standard InChI is InChI=1S/C10H15N2O8PS/c1-18-8-7(14)5(4-19-21(16,17)22)20-9(8)12-3-2-6(13)11-10(12)15/h2-3,5,7-9,14H,4H2,1H3,(H,11,13,15)(H2,16,17,22)/t5-,7-,8-,9-/m1/s1. The van der Waals surface area contributed by atoms with Crippen LogP contribution >= 0.6 is 6.72 Å². The van der Waals surface area contributed by atoms with Crippen molar-refractivity contribution in [3.05, 3.63) is 33.1 Å². The Morgan fingerprint density at radius 1 is 1.50 bits per heavy atom. The number of aromatic amines is 1. The van der Waals surface area contributed by atoms with E-state index >= 15 is 0 Å². The molecule has 1 aliphatic rings. The molecule has 12 heteroatoms. The van der Waals surface area contributed by atoms with Crippen LogP contribution in [0.5, 0.6) is 0 Å². The minimum atomic E-state index is -3.90. The summed E-state index contributed by atoms with van der Waals surface area (Å²) in [6.45, 7) is -4.28. The van der Waals surface area contributed by atoms with Crippen molar-refractivity contribution in [3.63, 3.8) is 0 Å². The van der Waals surface area contributed by atoms with Crippen LogP contribution in [0.1, 0.15) is 6.23 Å². The molecule has 22 heavy (non-hydrogen) atoms. The number of aromatic nitrogens is 2. The van der Waals surface area contributed by atoms with Gasteiger partial charge in [-0.15, -0.1) is 0 Å². The summed E-state index contributed by atoms with van der Waals surface area (Å²) in [5.41, 5.74) is -1.31. The number of nitrogens with zero attached hydrogens (tertiary/aromatic N) is 1. The number of ether oxygens (including phenoxy) is 2. The number of H-pyrrole nitrogens is 1. The second-order valence-corrected chi connectivity index (χ2v) is 7.23. The van der Waals surface area contributed by atoms with E-state index in [1.54, 1.807) is 0 Å². The Bertz CT molecular complexity index is 684. The first-order valence-electron chi connectivity index (χ1n) is 6.11. The van der Waals surface area contributed by atoms with Gasteiger partial charge in [0, 0.05) is 19.4 Å². The Balaban J connectivity index is 2.23. The highest BCUT2D eigenvalue weighted by molar-refractivity contribution is 8.06. The minimum absolute atomic E-state index is 0.389. The smallest absolute Gasteiger partial charge is 0.330 e. The minimum Gasteiger partial charge on any atom is -0.387 e. The van der Waals surface area contributed by atoms with Crippen molar-refractivity contribution in [2.75, 3.05) is 13.7 Å². The summed E-state index contributed by atoms with van der Waals surface area (Å²) in [5, 5.41) is 10.1. The Morgan fingerprint density at radius 2 is 2.18 bits per heavy atom. The first kappa shape index (κ1) is 17.4. The number of rotatable bonds is 5. The van der Waals surface area contributed by atoms with Gasteiger partial charge in [0.2, 0.25) is 0 Å². The van der Waals surface area contributed by atoms with Gasteiger partial charge in [-0.1, -0.05) is 0 Å². The maximum absolute atomic E-state index is 11.8. The van der Waals surface area contributed by atoms with Gasteiger partial charge >= 0.3 is 12.4 Å². The van der Waals surface area contributed by atoms with Gasteiger partial charge in [-0.25, -0.2) is 4.79 Å². The van der Waals surface area contributed by atoms with Gasteiger partial charge in [-0.3, -0.25) is 14.3 Å². The Morgan fingerprint density at radius 3 is 2.73 bits per heavy atom. The van der Waals surface area contributed by atoms with E-state index in [2.05, 4.69) is 21.3 Å². The first-order chi connectivity index (χ1) is 10.2. The number of hydrogen-bond donors (Lipinski definition) is 4. The summed E-state index contributed by atoms with van der Waals surface area (Å²) in [5.74, 6) is 0. The molecule has 1 saturated heterocycles. The van der Waals surface area contributed by atoms with E-state index in [-0.39, 0.29) is 6.61 Å². The molecule has 2 heterocycles. The normalized spacial score (nSPS) is 28.9. The second-order valence-electron chi connectivity index (χ2n) is 4.56. The van der Waals surface area contributed by atoms with Crippen molar-refractivity contribution in [1.82, 2.24) is 9.55 Å². The predicted octanol–water partition coefficient (Wildman–Crippen LogP) is -1.96. The topological polar surface area (TPSA) is 143 Å². The predicted molar refractivity (Wildman–Crippen MR) is 76.7 cm³/mol. The van der Waals surface area contributed by atoms with E-state index in [0.717, 1.165) is 10.6 Å². The molecule has 1 aliphatic heterocycles. The number of aliphatic hydroxyl groups is 1. The maximum Gasteiger partial charge on any atom is 0.330 e. The molecule has 1 fully saturated rings. The third-order valence-corrected chi connectivity index (χ3v) is 3.92. The number of aliphatic hydroxyl groups excluding tert-OH is 1. The highest BCUT2D eigenvalue weighted by atomic mass is 32.5. The quantitative estimate of drug-likeness (QED) is 0.443. The maximum atomic E-state index is 11.8. The van der Waals surface area contributed by atoms with Crippen LogP contribution in [0.25, 0.3) is 0 Å². The van der Waals surface area contributed by atoms with Gasteiger partial charge in [-0.2, -0.15) is 0 Å². The molecule has 4 N–H and O–H groups in total. The Labute approximate surface area is 129 Å². The number of nitrogens with one attached hydrogen (secondary N) is 1. The van der Waals surface area contributed by atoms with Crippen LogP contribution in [0.3, 0.4) is 0 Å². The Hall–Kier alpha value is -0.910. The molecule has 2 rings (SSSR count). The zero-order valence-electron chi connectivity index (χ0n) is 11.4. The summed E-state index contributed by atoms with van der Waals surface area (Å²) in [7, 11) is 1.31. The van der Waals surface area contributed by atoms with Gasteiger partial charge in [-0.05, 0) is 11.8 Å². The molecular weight excluding hydrogens is 339 g/mol. The monoisotopic (exact) mass is 354 g/mol. The van der Waals surface area contributed by atoms with Gasteiger partial charge in [0.1, 0.15) is 18.3 Å². The van der Waals surface area contributed by atoms with Gasteiger partial charge in [0.25, 0.3) is 5.56 Å². The van der Waals surface area contributed by atoms with Crippen LogP contribution in [0.15, 0.2) is 21.9 Å². The van der Waals surface area contributed by atoms with E-state index < -0.39 is 42.5 Å².